The number of thiophene rings is 1. The molecule has 0 aliphatic carbocycles. The van der Waals surface area contributed by atoms with Crippen LogP contribution in [-0.2, 0) is 12.5 Å². The molecule has 1 saturated heterocycles. The predicted octanol–water partition coefficient (Wildman–Crippen LogP) is 2.32. The highest BCUT2D eigenvalue weighted by Gasteiger charge is 2.51. The topological polar surface area (TPSA) is 71.3 Å². The van der Waals surface area contributed by atoms with Gasteiger partial charge in [-0.05, 0) is 36.1 Å². The number of hydrogen-bond donors (Lipinski definition) is 0. The number of rotatable bonds is 2. The molecule has 2 aliphatic rings. The Hall–Kier alpha value is -3.00. The smallest absolute Gasteiger partial charge is 0.274 e. The van der Waals surface area contributed by atoms with Gasteiger partial charge in [0.05, 0.1) is 22.4 Å². The van der Waals surface area contributed by atoms with Crippen LogP contribution >= 0.6 is 11.3 Å². The van der Waals surface area contributed by atoms with Crippen LogP contribution in [0, 0.1) is 0 Å². The standard InChI is InChI=1S/C20H19N5O2S/c1-23-8-4-15(22-23)19(27)24-9-6-20(12-24)13-25(16-3-2-7-21-17(16)20)18(26)14-5-10-28-11-14/h2-5,7-8,10-11H,6,9,12-13H2,1H3. The summed E-state index contributed by atoms with van der Waals surface area (Å²) in [6, 6.07) is 7.39. The number of amides is 2. The first kappa shape index (κ1) is 17.1. The zero-order valence-electron chi connectivity index (χ0n) is 15.4. The Morgan fingerprint density at radius 3 is 2.82 bits per heavy atom. The molecule has 5 heterocycles. The zero-order chi connectivity index (χ0) is 19.3. The van der Waals surface area contributed by atoms with E-state index in [0.29, 0.717) is 30.9 Å². The van der Waals surface area contributed by atoms with Crippen molar-refractivity contribution in [3.05, 3.63) is 64.4 Å². The van der Waals surface area contributed by atoms with Gasteiger partial charge in [-0.3, -0.25) is 19.3 Å². The maximum Gasteiger partial charge on any atom is 0.274 e. The molecule has 0 aromatic carbocycles. The van der Waals surface area contributed by atoms with Gasteiger partial charge in [-0.25, -0.2) is 0 Å². The fourth-order valence-electron chi connectivity index (χ4n) is 4.27. The van der Waals surface area contributed by atoms with Crippen LogP contribution in [0.1, 0.15) is 33.0 Å². The van der Waals surface area contributed by atoms with Gasteiger partial charge in [-0.15, -0.1) is 0 Å². The van der Waals surface area contributed by atoms with Gasteiger partial charge in [0.2, 0.25) is 0 Å². The van der Waals surface area contributed by atoms with Crippen molar-refractivity contribution in [2.75, 3.05) is 24.5 Å². The highest BCUT2D eigenvalue weighted by molar-refractivity contribution is 7.08. The summed E-state index contributed by atoms with van der Waals surface area (Å²) in [5.74, 6) is -0.0838. The molecule has 3 aromatic rings. The molecule has 1 atom stereocenters. The number of fused-ring (bicyclic) bond motifs is 2. The fraction of sp³-hybridized carbons (Fsp3) is 0.300. The van der Waals surface area contributed by atoms with E-state index >= 15 is 0 Å². The lowest BCUT2D eigenvalue weighted by Gasteiger charge is -2.24. The Morgan fingerprint density at radius 2 is 2.07 bits per heavy atom. The highest BCUT2D eigenvalue weighted by atomic mass is 32.1. The fourth-order valence-corrected chi connectivity index (χ4v) is 4.90. The molecule has 142 valence electrons. The predicted molar refractivity (Wildman–Crippen MR) is 106 cm³/mol. The van der Waals surface area contributed by atoms with Crippen LogP contribution in [0.3, 0.4) is 0 Å². The Morgan fingerprint density at radius 1 is 1.18 bits per heavy atom. The summed E-state index contributed by atoms with van der Waals surface area (Å²) in [6.07, 6.45) is 4.32. The first-order valence-electron chi connectivity index (χ1n) is 9.16. The van der Waals surface area contributed by atoms with Crippen molar-refractivity contribution in [2.45, 2.75) is 11.8 Å². The van der Waals surface area contributed by atoms with E-state index in [-0.39, 0.29) is 17.2 Å². The lowest BCUT2D eigenvalue weighted by Crippen LogP contribution is -2.40. The summed E-state index contributed by atoms with van der Waals surface area (Å²) in [7, 11) is 1.80. The SMILES string of the molecule is Cn1ccc(C(=O)N2CCC3(C2)CN(C(=O)c2ccsc2)c2cccnc23)n1. The Bertz CT molecular complexity index is 1060. The second-order valence-electron chi connectivity index (χ2n) is 7.41. The monoisotopic (exact) mass is 393 g/mol. The third-order valence-corrected chi connectivity index (χ3v) is 6.31. The number of carbonyl (C=O) groups is 2. The van der Waals surface area contributed by atoms with Gasteiger partial charge in [0, 0.05) is 44.5 Å². The van der Waals surface area contributed by atoms with Crippen molar-refractivity contribution in [1.29, 1.82) is 0 Å². The number of anilines is 1. The molecule has 2 aliphatic heterocycles. The van der Waals surface area contributed by atoms with E-state index in [1.54, 1.807) is 30.2 Å². The maximum atomic E-state index is 13.1. The van der Waals surface area contributed by atoms with Gasteiger partial charge in [0.15, 0.2) is 0 Å². The van der Waals surface area contributed by atoms with Gasteiger partial charge in [-0.1, -0.05) is 0 Å². The van der Waals surface area contributed by atoms with E-state index < -0.39 is 0 Å². The van der Waals surface area contributed by atoms with Crippen LogP contribution in [0.5, 0.6) is 0 Å². The van der Waals surface area contributed by atoms with Gasteiger partial charge >= 0.3 is 0 Å². The molecular weight excluding hydrogens is 374 g/mol. The number of aromatic nitrogens is 3. The average molecular weight is 393 g/mol. The number of likely N-dealkylation sites (tertiary alicyclic amines) is 1. The van der Waals surface area contributed by atoms with Crippen LogP contribution in [0.15, 0.2) is 47.4 Å². The first-order valence-corrected chi connectivity index (χ1v) is 10.1. The third-order valence-electron chi connectivity index (χ3n) is 5.63. The van der Waals surface area contributed by atoms with E-state index in [1.165, 1.54) is 11.3 Å². The van der Waals surface area contributed by atoms with Gasteiger partial charge < -0.3 is 9.80 Å². The number of aryl methyl sites for hydroxylation is 1. The minimum absolute atomic E-state index is 0.0122. The van der Waals surface area contributed by atoms with Crippen LogP contribution in [-0.4, -0.2) is 51.1 Å². The summed E-state index contributed by atoms with van der Waals surface area (Å²) < 4.78 is 1.63. The molecule has 8 heteroatoms. The molecule has 3 aromatic heterocycles. The van der Waals surface area contributed by atoms with E-state index in [4.69, 9.17) is 0 Å². The van der Waals surface area contributed by atoms with E-state index in [1.807, 2.05) is 38.8 Å². The van der Waals surface area contributed by atoms with Crippen molar-refractivity contribution >= 4 is 28.8 Å². The molecule has 0 bridgehead atoms. The second-order valence-corrected chi connectivity index (χ2v) is 8.19. The molecule has 1 spiro atoms. The Balaban J connectivity index is 1.46. The van der Waals surface area contributed by atoms with Crippen LogP contribution in [0.4, 0.5) is 5.69 Å². The molecule has 1 unspecified atom stereocenters. The minimum Gasteiger partial charge on any atom is -0.336 e. The van der Waals surface area contributed by atoms with E-state index in [2.05, 4.69) is 10.1 Å². The van der Waals surface area contributed by atoms with Crippen molar-refractivity contribution in [1.82, 2.24) is 19.7 Å². The van der Waals surface area contributed by atoms with Crippen LogP contribution < -0.4 is 4.90 Å². The number of carbonyl (C=O) groups excluding carboxylic acids is 2. The number of pyridine rings is 1. The molecule has 2 amide bonds. The van der Waals surface area contributed by atoms with E-state index in [9.17, 15) is 9.59 Å². The molecule has 1 fully saturated rings. The van der Waals surface area contributed by atoms with E-state index in [0.717, 1.165) is 17.8 Å². The molecule has 0 saturated carbocycles. The summed E-state index contributed by atoms with van der Waals surface area (Å²) in [5.41, 5.74) is 2.58. The van der Waals surface area contributed by atoms with Gasteiger partial charge in [0.1, 0.15) is 5.69 Å². The van der Waals surface area contributed by atoms with Crippen molar-refractivity contribution < 1.29 is 9.59 Å². The van der Waals surface area contributed by atoms with Gasteiger partial charge in [-0.2, -0.15) is 16.4 Å². The first-order chi connectivity index (χ1) is 13.6. The van der Waals surface area contributed by atoms with Crippen molar-refractivity contribution in [2.24, 2.45) is 7.05 Å². The van der Waals surface area contributed by atoms with Crippen molar-refractivity contribution in [3.8, 4) is 0 Å². The largest absolute Gasteiger partial charge is 0.336 e. The molecule has 5 rings (SSSR count). The molecular formula is C20H19N5O2S. The number of nitrogens with zero attached hydrogens (tertiary/aromatic N) is 5. The molecule has 28 heavy (non-hydrogen) atoms. The molecule has 7 nitrogen and oxygen atoms in total. The normalized spacial score (nSPS) is 20.8. The highest BCUT2D eigenvalue weighted by Crippen LogP contribution is 2.45. The molecule has 0 radical (unpaired) electrons. The lowest BCUT2D eigenvalue weighted by molar-refractivity contribution is 0.0777. The van der Waals surface area contributed by atoms with Crippen LogP contribution in [0.2, 0.25) is 0 Å². The quantitative estimate of drug-likeness (QED) is 0.670. The van der Waals surface area contributed by atoms with Gasteiger partial charge in [0.25, 0.3) is 11.8 Å². The van der Waals surface area contributed by atoms with Crippen molar-refractivity contribution in [3.63, 3.8) is 0 Å². The maximum absolute atomic E-state index is 13.1. The molecule has 0 N–H and O–H groups in total. The number of hydrogen-bond acceptors (Lipinski definition) is 5. The Labute approximate surface area is 166 Å². The lowest BCUT2D eigenvalue weighted by atomic mass is 9.85. The van der Waals surface area contributed by atoms with Crippen LogP contribution in [0.25, 0.3) is 0 Å². The third kappa shape index (κ3) is 2.56. The zero-order valence-corrected chi connectivity index (χ0v) is 16.2. The summed E-state index contributed by atoms with van der Waals surface area (Å²) in [5, 5.41) is 8.02. The minimum atomic E-state index is -0.327. The second kappa shape index (κ2) is 6.27. The Kier molecular flexibility index (Phi) is 3.83. The summed E-state index contributed by atoms with van der Waals surface area (Å²) in [4.78, 5) is 34.2. The summed E-state index contributed by atoms with van der Waals surface area (Å²) in [6.45, 7) is 1.71. The average Bonchev–Trinajstić information content (AvgIpc) is 3.49. The summed E-state index contributed by atoms with van der Waals surface area (Å²) >= 11 is 1.51.